The third-order valence-corrected chi connectivity index (χ3v) is 6.68. The highest BCUT2D eigenvalue weighted by Crippen LogP contribution is 2.34. The average Bonchev–Trinajstić information content (AvgIpc) is 3.36. The summed E-state index contributed by atoms with van der Waals surface area (Å²) in [6.45, 7) is 6.30. The number of carbonyl (C=O) groups excluding carboxylic acids is 3. The Balaban J connectivity index is 1.80. The molecule has 3 rings (SSSR count). The third kappa shape index (κ3) is 5.57. The number of carbonyl (C=O) groups is 3. The van der Waals surface area contributed by atoms with Crippen LogP contribution in [0.5, 0.6) is 0 Å². The van der Waals surface area contributed by atoms with Crippen molar-refractivity contribution >= 4 is 51.6 Å². The number of amides is 2. The van der Waals surface area contributed by atoms with E-state index in [0.29, 0.717) is 21.1 Å². The number of esters is 1. The Hall–Kier alpha value is -3.11. The predicted octanol–water partition coefficient (Wildman–Crippen LogP) is 4.43. The smallest absolute Gasteiger partial charge is 0.341 e. The Labute approximate surface area is 194 Å². The SMILES string of the molecule is CCOC(=O)c1c(NC(=O)CSc2nccn2CC)sc(C(=O)Nc2ccccc2)c1C. The van der Waals surface area contributed by atoms with Crippen LogP contribution in [-0.4, -0.2) is 39.7 Å². The normalized spacial score (nSPS) is 10.6. The predicted molar refractivity (Wildman–Crippen MR) is 127 cm³/mol. The van der Waals surface area contributed by atoms with Gasteiger partial charge in [-0.05, 0) is 38.5 Å². The molecule has 3 aromatic rings. The topological polar surface area (TPSA) is 102 Å². The van der Waals surface area contributed by atoms with Crippen molar-refractivity contribution in [1.29, 1.82) is 0 Å². The first kappa shape index (κ1) is 23.6. The van der Waals surface area contributed by atoms with Gasteiger partial charge in [-0.25, -0.2) is 9.78 Å². The molecule has 0 radical (unpaired) electrons. The van der Waals surface area contributed by atoms with Crippen LogP contribution >= 0.6 is 23.1 Å². The Kier molecular flexibility index (Phi) is 8.07. The molecule has 0 saturated heterocycles. The van der Waals surface area contributed by atoms with Gasteiger partial charge in [-0.15, -0.1) is 11.3 Å². The fourth-order valence-corrected chi connectivity index (χ4v) is 4.88. The number of hydrogen-bond donors (Lipinski definition) is 2. The second-order valence-electron chi connectivity index (χ2n) is 6.63. The second kappa shape index (κ2) is 11.0. The van der Waals surface area contributed by atoms with E-state index in [1.165, 1.54) is 11.8 Å². The van der Waals surface area contributed by atoms with Crippen LogP contribution in [0.15, 0.2) is 47.9 Å². The molecular formula is C22H24N4O4S2. The number of thioether (sulfide) groups is 1. The van der Waals surface area contributed by atoms with Gasteiger partial charge < -0.3 is 19.9 Å². The van der Waals surface area contributed by atoms with Gasteiger partial charge in [-0.2, -0.15) is 0 Å². The van der Waals surface area contributed by atoms with Gasteiger partial charge in [-0.1, -0.05) is 30.0 Å². The lowest BCUT2D eigenvalue weighted by Crippen LogP contribution is -2.17. The molecule has 0 aliphatic rings. The maximum Gasteiger partial charge on any atom is 0.341 e. The number of para-hydroxylation sites is 1. The van der Waals surface area contributed by atoms with Crippen LogP contribution in [-0.2, 0) is 16.1 Å². The number of rotatable bonds is 9. The van der Waals surface area contributed by atoms with Gasteiger partial charge in [0.15, 0.2) is 5.16 Å². The average molecular weight is 473 g/mol. The molecule has 2 amide bonds. The highest BCUT2D eigenvalue weighted by molar-refractivity contribution is 7.99. The van der Waals surface area contributed by atoms with Crippen LogP contribution < -0.4 is 10.6 Å². The number of imidazole rings is 1. The molecule has 0 fully saturated rings. The first-order chi connectivity index (χ1) is 15.4. The number of nitrogens with zero attached hydrogens (tertiary/aromatic N) is 2. The summed E-state index contributed by atoms with van der Waals surface area (Å²) < 4.78 is 7.09. The Morgan fingerprint density at radius 1 is 1.16 bits per heavy atom. The standard InChI is InChI=1S/C22H24N4O4S2/c1-4-26-12-11-23-22(26)31-13-16(27)25-20-17(21(29)30-5-2)14(3)18(32-20)19(28)24-15-9-7-6-8-10-15/h6-12H,4-5,13H2,1-3H3,(H,24,28)(H,25,27). The van der Waals surface area contributed by atoms with E-state index in [-0.39, 0.29) is 29.7 Å². The highest BCUT2D eigenvalue weighted by Gasteiger charge is 2.26. The number of thiophene rings is 1. The fraction of sp³-hybridized carbons (Fsp3) is 0.273. The van der Waals surface area contributed by atoms with Crippen molar-refractivity contribution in [2.45, 2.75) is 32.5 Å². The molecule has 0 aliphatic heterocycles. The molecule has 0 atom stereocenters. The minimum absolute atomic E-state index is 0.113. The number of nitrogens with one attached hydrogen (secondary N) is 2. The van der Waals surface area contributed by atoms with E-state index in [2.05, 4.69) is 15.6 Å². The van der Waals surface area contributed by atoms with E-state index in [9.17, 15) is 14.4 Å². The summed E-state index contributed by atoms with van der Waals surface area (Å²) >= 11 is 2.35. The van der Waals surface area contributed by atoms with Crippen LogP contribution in [0.4, 0.5) is 10.7 Å². The lowest BCUT2D eigenvalue weighted by atomic mass is 10.1. The van der Waals surface area contributed by atoms with Gasteiger partial charge >= 0.3 is 5.97 Å². The van der Waals surface area contributed by atoms with Gasteiger partial charge in [0.05, 0.1) is 22.8 Å². The van der Waals surface area contributed by atoms with Crippen molar-refractivity contribution in [3.63, 3.8) is 0 Å². The van der Waals surface area contributed by atoms with E-state index >= 15 is 0 Å². The van der Waals surface area contributed by atoms with Gasteiger partial charge in [-0.3, -0.25) is 9.59 Å². The van der Waals surface area contributed by atoms with Crippen LogP contribution in [0, 0.1) is 6.92 Å². The van der Waals surface area contributed by atoms with E-state index in [4.69, 9.17) is 4.74 Å². The van der Waals surface area contributed by atoms with Crippen molar-refractivity contribution in [2.24, 2.45) is 0 Å². The quantitative estimate of drug-likeness (QED) is 0.353. The second-order valence-corrected chi connectivity index (χ2v) is 8.60. The molecule has 1 aromatic carbocycles. The van der Waals surface area contributed by atoms with Crippen LogP contribution in [0.2, 0.25) is 0 Å². The zero-order valence-electron chi connectivity index (χ0n) is 18.0. The molecule has 0 spiro atoms. The molecule has 168 valence electrons. The van der Waals surface area contributed by atoms with Gasteiger partial charge in [0.25, 0.3) is 5.91 Å². The summed E-state index contributed by atoms with van der Waals surface area (Å²) in [6, 6.07) is 9.02. The van der Waals surface area contributed by atoms with Crippen molar-refractivity contribution in [3.05, 3.63) is 58.7 Å². The molecule has 2 heterocycles. The van der Waals surface area contributed by atoms with E-state index in [1.807, 2.05) is 35.9 Å². The molecule has 8 nitrogen and oxygen atoms in total. The zero-order valence-corrected chi connectivity index (χ0v) is 19.6. The number of hydrogen-bond acceptors (Lipinski definition) is 7. The Bertz CT molecular complexity index is 1110. The molecule has 10 heteroatoms. The molecule has 2 aromatic heterocycles. The zero-order chi connectivity index (χ0) is 23.1. The molecule has 0 saturated carbocycles. The summed E-state index contributed by atoms with van der Waals surface area (Å²) in [4.78, 5) is 42.6. The summed E-state index contributed by atoms with van der Waals surface area (Å²) in [6.07, 6.45) is 3.53. The van der Waals surface area contributed by atoms with E-state index in [0.717, 1.165) is 23.0 Å². The molecule has 0 bridgehead atoms. The lowest BCUT2D eigenvalue weighted by molar-refractivity contribution is -0.113. The van der Waals surface area contributed by atoms with Crippen LogP contribution in [0.1, 0.15) is 39.4 Å². The molecule has 0 unspecified atom stereocenters. The van der Waals surface area contributed by atoms with E-state index < -0.39 is 5.97 Å². The maximum absolute atomic E-state index is 12.8. The third-order valence-electron chi connectivity index (χ3n) is 4.47. The van der Waals surface area contributed by atoms with Gasteiger partial charge in [0.1, 0.15) is 5.00 Å². The van der Waals surface area contributed by atoms with Crippen molar-refractivity contribution in [2.75, 3.05) is 23.0 Å². The molecule has 2 N–H and O–H groups in total. The van der Waals surface area contributed by atoms with Crippen LogP contribution in [0.3, 0.4) is 0 Å². The van der Waals surface area contributed by atoms with Crippen molar-refractivity contribution in [1.82, 2.24) is 9.55 Å². The van der Waals surface area contributed by atoms with Crippen molar-refractivity contribution in [3.8, 4) is 0 Å². The largest absolute Gasteiger partial charge is 0.462 e. The van der Waals surface area contributed by atoms with Crippen molar-refractivity contribution < 1.29 is 19.1 Å². The summed E-state index contributed by atoms with van der Waals surface area (Å²) in [5, 5.41) is 6.61. The number of anilines is 2. The monoisotopic (exact) mass is 472 g/mol. The minimum Gasteiger partial charge on any atom is -0.462 e. The Morgan fingerprint density at radius 2 is 1.91 bits per heavy atom. The number of ether oxygens (including phenoxy) is 1. The number of aromatic nitrogens is 2. The minimum atomic E-state index is -0.579. The summed E-state index contributed by atoms with van der Waals surface area (Å²) in [5.41, 5.74) is 1.30. The summed E-state index contributed by atoms with van der Waals surface area (Å²) in [5.74, 6) is -1.13. The first-order valence-corrected chi connectivity index (χ1v) is 11.8. The molecular weight excluding hydrogens is 448 g/mol. The number of aryl methyl sites for hydroxylation is 1. The number of benzene rings is 1. The highest BCUT2D eigenvalue weighted by atomic mass is 32.2. The van der Waals surface area contributed by atoms with E-state index in [1.54, 1.807) is 32.2 Å². The summed E-state index contributed by atoms with van der Waals surface area (Å²) in [7, 11) is 0. The lowest BCUT2D eigenvalue weighted by Gasteiger charge is -2.07. The molecule has 32 heavy (non-hydrogen) atoms. The Morgan fingerprint density at radius 3 is 2.59 bits per heavy atom. The van der Waals surface area contributed by atoms with Crippen LogP contribution in [0.25, 0.3) is 0 Å². The first-order valence-electron chi connectivity index (χ1n) is 10.0. The fourth-order valence-electron chi connectivity index (χ4n) is 2.95. The van der Waals surface area contributed by atoms with Gasteiger partial charge in [0, 0.05) is 24.6 Å². The molecule has 0 aliphatic carbocycles. The van der Waals surface area contributed by atoms with Gasteiger partial charge in [0.2, 0.25) is 5.91 Å². The maximum atomic E-state index is 12.8.